The maximum Gasteiger partial charge on any atom is 0.340 e. The highest BCUT2D eigenvalue weighted by molar-refractivity contribution is 9.11. The fourth-order valence-electron chi connectivity index (χ4n) is 2.69. The molecule has 0 radical (unpaired) electrons. The number of halogens is 2. The van der Waals surface area contributed by atoms with Gasteiger partial charge in [0.2, 0.25) is 0 Å². The van der Waals surface area contributed by atoms with Crippen LogP contribution in [-0.2, 0) is 10.3 Å². The van der Waals surface area contributed by atoms with Gasteiger partial charge in [-0.3, -0.25) is 0 Å². The molecule has 0 fully saturated rings. The number of esters is 1. The van der Waals surface area contributed by atoms with Crippen LogP contribution < -0.4 is 0 Å². The van der Waals surface area contributed by atoms with E-state index in [1.807, 2.05) is 79.7 Å². The number of rotatable bonds is 4. The van der Waals surface area contributed by atoms with Crippen LogP contribution in [0.25, 0.3) is 0 Å². The average Bonchev–Trinajstić information content (AvgIpc) is 2.63. The molecule has 4 heteroatoms. The zero-order valence-corrected chi connectivity index (χ0v) is 16.7. The Morgan fingerprint density at radius 2 is 1.36 bits per heavy atom. The smallest absolute Gasteiger partial charge is 0.340 e. The lowest BCUT2D eigenvalue weighted by Crippen LogP contribution is -2.30. The van der Waals surface area contributed by atoms with Crippen molar-refractivity contribution in [3.05, 3.63) is 104 Å². The second kappa shape index (κ2) is 7.54. The van der Waals surface area contributed by atoms with Crippen molar-refractivity contribution in [1.29, 1.82) is 0 Å². The highest BCUT2D eigenvalue weighted by Crippen LogP contribution is 2.35. The molecule has 0 saturated heterocycles. The van der Waals surface area contributed by atoms with Crippen molar-refractivity contribution in [2.45, 2.75) is 12.5 Å². The molecule has 0 aliphatic heterocycles. The first-order chi connectivity index (χ1) is 12.0. The van der Waals surface area contributed by atoms with E-state index in [0.29, 0.717) is 10.0 Å². The van der Waals surface area contributed by atoms with Crippen molar-refractivity contribution in [3.8, 4) is 0 Å². The van der Waals surface area contributed by atoms with Crippen LogP contribution in [-0.4, -0.2) is 5.97 Å². The molecular weight excluding hydrogens is 444 g/mol. The lowest BCUT2D eigenvalue weighted by atomic mass is 9.88. The summed E-state index contributed by atoms with van der Waals surface area (Å²) >= 11 is 6.84. The Hall–Kier alpha value is -1.91. The third kappa shape index (κ3) is 3.86. The van der Waals surface area contributed by atoms with Gasteiger partial charge in [0.15, 0.2) is 5.60 Å². The topological polar surface area (TPSA) is 26.3 Å². The first-order valence-corrected chi connectivity index (χ1v) is 9.39. The van der Waals surface area contributed by atoms with Crippen molar-refractivity contribution < 1.29 is 9.53 Å². The molecule has 0 spiro atoms. The van der Waals surface area contributed by atoms with Crippen LogP contribution >= 0.6 is 31.9 Å². The normalized spacial score (nSPS) is 11.2. The van der Waals surface area contributed by atoms with Gasteiger partial charge in [-0.25, -0.2) is 4.79 Å². The van der Waals surface area contributed by atoms with E-state index in [0.717, 1.165) is 15.6 Å². The number of carbonyl (C=O) groups excluding carboxylic acids is 1. The first-order valence-electron chi connectivity index (χ1n) is 7.80. The lowest BCUT2D eigenvalue weighted by Gasteiger charge is -2.31. The molecule has 3 aromatic carbocycles. The van der Waals surface area contributed by atoms with Gasteiger partial charge in [-0.05, 0) is 52.2 Å². The van der Waals surface area contributed by atoms with E-state index in [1.165, 1.54) is 0 Å². The molecule has 0 N–H and O–H groups in total. The Labute approximate surface area is 164 Å². The Kier molecular flexibility index (Phi) is 5.40. The second-order valence-electron chi connectivity index (χ2n) is 5.78. The summed E-state index contributed by atoms with van der Waals surface area (Å²) in [5.74, 6) is -0.380. The summed E-state index contributed by atoms with van der Waals surface area (Å²) < 4.78 is 7.62. The molecule has 0 atom stereocenters. The molecule has 126 valence electrons. The summed E-state index contributed by atoms with van der Waals surface area (Å²) in [6.45, 7) is 1.92. The summed E-state index contributed by atoms with van der Waals surface area (Å²) in [6, 6.07) is 24.9. The van der Waals surface area contributed by atoms with E-state index in [-0.39, 0.29) is 5.97 Å². The zero-order chi connectivity index (χ0) is 17.9. The predicted molar refractivity (Wildman–Crippen MR) is 107 cm³/mol. The minimum Gasteiger partial charge on any atom is -0.446 e. The van der Waals surface area contributed by atoms with Gasteiger partial charge in [0, 0.05) is 8.95 Å². The van der Waals surface area contributed by atoms with Crippen LogP contribution in [0.2, 0.25) is 0 Å². The summed E-state index contributed by atoms with van der Waals surface area (Å²) in [5, 5.41) is 0. The Morgan fingerprint density at radius 1 is 0.840 bits per heavy atom. The van der Waals surface area contributed by atoms with Crippen molar-refractivity contribution in [2.24, 2.45) is 0 Å². The number of hydrogen-bond acceptors (Lipinski definition) is 2. The minimum absolute atomic E-state index is 0.380. The van der Waals surface area contributed by atoms with Gasteiger partial charge < -0.3 is 4.74 Å². The molecule has 25 heavy (non-hydrogen) atoms. The highest BCUT2D eigenvalue weighted by atomic mass is 79.9. The van der Waals surface area contributed by atoms with Crippen LogP contribution in [0.4, 0.5) is 0 Å². The molecule has 2 nitrogen and oxygen atoms in total. The maximum atomic E-state index is 12.9. The van der Waals surface area contributed by atoms with Crippen LogP contribution in [0.3, 0.4) is 0 Å². The minimum atomic E-state index is -0.883. The van der Waals surface area contributed by atoms with Crippen molar-refractivity contribution in [2.75, 3.05) is 0 Å². The zero-order valence-electron chi connectivity index (χ0n) is 13.6. The van der Waals surface area contributed by atoms with Crippen LogP contribution in [0.5, 0.6) is 0 Å². The van der Waals surface area contributed by atoms with E-state index in [4.69, 9.17) is 4.74 Å². The highest BCUT2D eigenvalue weighted by Gasteiger charge is 2.34. The molecule has 0 unspecified atom stereocenters. The Balaban J connectivity index is 2.03. The van der Waals surface area contributed by atoms with Gasteiger partial charge >= 0.3 is 5.97 Å². The quantitative estimate of drug-likeness (QED) is 0.426. The lowest BCUT2D eigenvalue weighted by molar-refractivity contribution is 0.00605. The Bertz CT molecular complexity index is 837. The van der Waals surface area contributed by atoms with Crippen LogP contribution in [0, 0.1) is 0 Å². The molecule has 0 aliphatic rings. The van der Waals surface area contributed by atoms with Gasteiger partial charge in [-0.1, -0.05) is 76.6 Å². The van der Waals surface area contributed by atoms with Gasteiger partial charge in [-0.2, -0.15) is 0 Å². The van der Waals surface area contributed by atoms with E-state index >= 15 is 0 Å². The predicted octanol–water partition coefficient (Wildman–Crippen LogP) is 6.33. The molecule has 0 amide bonds. The number of ether oxygens (including phenoxy) is 1. The number of benzene rings is 3. The van der Waals surface area contributed by atoms with E-state index < -0.39 is 5.60 Å². The van der Waals surface area contributed by atoms with Crippen LogP contribution in [0.15, 0.2) is 87.8 Å². The first kappa shape index (κ1) is 17.9. The van der Waals surface area contributed by atoms with E-state index in [9.17, 15) is 4.79 Å². The van der Waals surface area contributed by atoms with Crippen molar-refractivity contribution in [1.82, 2.24) is 0 Å². The average molecular weight is 460 g/mol. The van der Waals surface area contributed by atoms with E-state index in [1.54, 1.807) is 6.07 Å². The summed E-state index contributed by atoms with van der Waals surface area (Å²) in [4.78, 5) is 12.9. The Morgan fingerprint density at radius 3 is 1.84 bits per heavy atom. The fraction of sp³-hybridized carbons (Fsp3) is 0.0952. The molecule has 3 aromatic rings. The summed E-state index contributed by atoms with van der Waals surface area (Å²) in [5.41, 5.74) is 1.44. The SMILES string of the molecule is CC(OC(=O)c1ccc(Br)cc1Br)(c1ccccc1)c1ccccc1. The molecule has 3 rings (SSSR count). The van der Waals surface area contributed by atoms with Gasteiger partial charge in [0.25, 0.3) is 0 Å². The fourth-order valence-corrected chi connectivity index (χ4v) is 3.90. The van der Waals surface area contributed by atoms with Crippen molar-refractivity contribution in [3.63, 3.8) is 0 Å². The van der Waals surface area contributed by atoms with Gasteiger partial charge in [-0.15, -0.1) is 0 Å². The number of carbonyl (C=O) groups is 1. The van der Waals surface area contributed by atoms with E-state index in [2.05, 4.69) is 31.9 Å². The third-order valence-electron chi connectivity index (χ3n) is 4.10. The third-order valence-corrected chi connectivity index (χ3v) is 5.25. The number of hydrogen-bond donors (Lipinski definition) is 0. The van der Waals surface area contributed by atoms with Crippen LogP contribution in [0.1, 0.15) is 28.4 Å². The summed E-state index contributed by atoms with van der Waals surface area (Å²) in [6.07, 6.45) is 0. The molecule has 0 aliphatic carbocycles. The molecule has 0 heterocycles. The van der Waals surface area contributed by atoms with Crippen molar-refractivity contribution >= 4 is 37.8 Å². The standard InChI is InChI=1S/C21H16Br2O2/c1-21(15-8-4-2-5-9-15,16-10-6-3-7-11-16)25-20(24)18-13-12-17(22)14-19(18)23/h2-14H,1H3. The molecule has 0 aromatic heterocycles. The van der Waals surface area contributed by atoms with Gasteiger partial charge in [0.05, 0.1) is 5.56 Å². The molecule has 0 bridgehead atoms. The summed E-state index contributed by atoms with van der Waals surface area (Å²) in [7, 11) is 0. The maximum absolute atomic E-state index is 12.9. The van der Waals surface area contributed by atoms with Gasteiger partial charge in [0.1, 0.15) is 0 Å². The largest absolute Gasteiger partial charge is 0.446 e. The molecular formula is C21H16Br2O2. The monoisotopic (exact) mass is 458 g/mol. The molecule has 0 saturated carbocycles. The second-order valence-corrected chi connectivity index (χ2v) is 7.55.